The lowest BCUT2D eigenvalue weighted by Crippen LogP contribution is -2.26. The van der Waals surface area contributed by atoms with Gasteiger partial charge in [-0.25, -0.2) is 13.6 Å². The van der Waals surface area contributed by atoms with Gasteiger partial charge in [0.2, 0.25) is 15.9 Å². The summed E-state index contributed by atoms with van der Waals surface area (Å²) in [7, 11) is -3.41. The molecule has 0 saturated carbocycles. The van der Waals surface area contributed by atoms with E-state index in [-0.39, 0.29) is 11.7 Å². The number of benzene rings is 1. The van der Waals surface area contributed by atoms with Crippen molar-refractivity contribution in [3.05, 3.63) is 29.8 Å². The molecule has 1 aromatic carbocycles. The van der Waals surface area contributed by atoms with E-state index in [1.807, 2.05) is 12.1 Å². The molecule has 0 aliphatic carbocycles. The van der Waals surface area contributed by atoms with Crippen LogP contribution in [0.3, 0.4) is 0 Å². The first-order valence-corrected chi connectivity index (χ1v) is 7.16. The minimum atomic E-state index is -3.41. The Bertz CT molecular complexity index is 497. The quantitative estimate of drug-likeness (QED) is 0.635. The molecule has 0 spiro atoms. The van der Waals surface area contributed by atoms with Gasteiger partial charge < -0.3 is 10.6 Å². The van der Waals surface area contributed by atoms with Crippen molar-refractivity contribution in [3.63, 3.8) is 0 Å². The summed E-state index contributed by atoms with van der Waals surface area (Å²) in [4.78, 5) is 10.8. The maximum Gasteiger partial charge on any atom is 0.221 e. The average molecular weight is 271 g/mol. The Morgan fingerprint density at radius 1 is 1.28 bits per heavy atom. The summed E-state index contributed by atoms with van der Waals surface area (Å²) in [5.74, 6) is -0.203. The van der Waals surface area contributed by atoms with Crippen LogP contribution in [-0.4, -0.2) is 26.6 Å². The van der Waals surface area contributed by atoms with Gasteiger partial charge in [0, 0.05) is 25.7 Å². The number of sulfonamides is 1. The van der Waals surface area contributed by atoms with Crippen LogP contribution in [0.15, 0.2) is 24.3 Å². The Morgan fingerprint density at radius 2 is 1.89 bits per heavy atom. The molecule has 100 valence electrons. The maximum absolute atomic E-state index is 10.8. The number of primary sulfonamides is 1. The van der Waals surface area contributed by atoms with E-state index >= 15 is 0 Å². The lowest BCUT2D eigenvalue weighted by atomic mass is 10.2. The number of carbonyl (C=O) groups is 1. The number of rotatable bonds is 6. The molecule has 18 heavy (non-hydrogen) atoms. The summed E-state index contributed by atoms with van der Waals surface area (Å²) in [6.07, 6.45) is 0. The highest BCUT2D eigenvalue weighted by Crippen LogP contribution is 2.09. The summed E-state index contributed by atoms with van der Waals surface area (Å²) in [5, 5.41) is 10.5. The number of amides is 1. The van der Waals surface area contributed by atoms with Gasteiger partial charge >= 0.3 is 0 Å². The van der Waals surface area contributed by atoms with E-state index in [1.54, 1.807) is 12.1 Å². The fourth-order valence-corrected chi connectivity index (χ4v) is 1.79. The molecule has 0 atom stereocenters. The predicted molar refractivity (Wildman–Crippen MR) is 70.4 cm³/mol. The van der Waals surface area contributed by atoms with Crippen LogP contribution in [-0.2, 0) is 21.4 Å². The second-order valence-electron chi connectivity index (χ2n) is 3.92. The van der Waals surface area contributed by atoms with Crippen LogP contribution in [0, 0.1) is 0 Å². The van der Waals surface area contributed by atoms with Crippen molar-refractivity contribution in [3.8, 4) is 0 Å². The van der Waals surface area contributed by atoms with Gasteiger partial charge in [-0.1, -0.05) is 12.1 Å². The van der Waals surface area contributed by atoms with Crippen molar-refractivity contribution in [2.24, 2.45) is 5.14 Å². The van der Waals surface area contributed by atoms with E-state index in [2.05, 4.69) is 10.6 Å². The topological polar surface area (TPSA) is 101 Å². The van der Waals surface area contributed by atoms with Gasteiger partial charge in [0.25, 0.3) is 0 Å². The Morgan fingerprint density at radius 3 is 2.39 bits per heavy atom. The molecule has 0 fully saturated rings. The third-order valence-corrected chi connectivity index (χ3v) is 2.94. The molecule has 1 amide bonds. The molecule has 0 bridgehead atoms. The Kier molecular flexibility index (Phi) is 5.26. The molecule has 0 heterocycles. The molecule has 7 heteroatoms. The number of anilines is 1. The van der Waals surface area contributed by atoms with Crippen molar-refractivity contribution in [2.45, 2.75) is 13.5 Å². The van der Waals surface area contributed by atoms with Gasteiger partial charge in [-0.2, -0.15) is 0 Å². The molecule has 0 aliphatic heterocycles. The zero-order valence-electron chi connectivity index (χ0n) is 10.1. The van der Waals surface area contributed by atoms with Crippen LogP contribution in [0.1, 0.15) is 12.5 Å². The minimum absolute atomic E-state index is 0.0863. The molecule has 6 nitrogen and oxygen atoms in total. The van der Waals surface area contributed by atoms with Gasteiger partial charge in [-0.3, -0.25) is 4.79 Å². The molecular formula is C11H17N3O3S. The van der Waals surface area contributed by atoms with E-state index in [0.717, 1.165) is 11.3 Å². The molecule has 1 aromatic rings. The zero-order valence-corrected chi connectivity index (χ0v) is 11.0. The molecule has 4 N–H and O–H groups in total. The monoisotopic (exact) mass is 271 g/mol. The van der Waals surface area contributed by atoms with Gasteiger partial charge in [-0.05, 0) is 17.7 Å². The van der Waals surface area contributed by atoms with Gasteiger partial charge in [0.15, 0.2) is 0 Å². The maximum atomic E-state index is 10.8. The summed E-state index contributed by atoms with van der Waals surface area (Å²) in [6.45, 7) is 2.31. The smallest absolute Gasteiger partial charge is 0.221 e. The minimum Gasteiger partial charge on any atom is -0.326 e. The Hall–Kier alpha value is -1.44. The first-order chi connectivity index (χ1) is 8.37. The highest BCUT2D eigenvalue weighted by molar-refractivity contribution is 7.89. The van der Waals surface area contributed by atoms with Crippen LogP contribution < -0.4 is 15.8 Å². The summed E-state index contributed by atoms with van der Waals surface area (Å²) in [5.41, 5.74) is 1.73. The largest absolute Gasteiger partial charge is 0.326 e. The van der Waals surface area contributed by atoms with Crippen molar-refractivity contribution < 1.29 is 13.2 Å². The first kappa shape index (κ1) is 14.6. The molecule has 0 saturated heterocycles. The first-order valence-electron chi connectivity index (χ1n) is 5.44. The summed E-state index contributed by atoms with van der Waals surface area (Å²) in [6, 6.07) is 7.29. The van der Waals surface area contributed by atoms with E-state index in [4.69, 9.17) is 5.14 Å². The van der Waals surface area contributed by atoms with Crippen molar-refractivity contribution in [1.82, 2.24) is 5.32 Å². The fraction of sp³-hybridized carbons (Fsp3) is 0.364. The van der Waals surface area contributed by atoms with Gasteiger partial charge in [0.05, 0.1) is 5.75 Å². The number of nitrogens with two attached hydrogens (primary N) is 1. The Balaban J connectivity index is 2.37. The van der Waals surface area contributed by atoms with Crippen LogP contribution in [0.2, 0.25) is 0 Å². The van der Waals surface area contributed by atoms with Crippen LogP contribution >= 0.6 is 0 Å². The molecule has 0 radical (unpaired) electrons. The van der Waals surface area contributed by atoms with Crippen molar-refractivity contribution >= 4 is 21.6 Å². The molecule has 0 aromatic heterocycles. The average Bonchev–Trinajstić information content (AvgIpc) is 2.24. The number of hydrogen-bond acceptors (Lipinski definition) is 4. The van der Waals surface area contributed by atoms with E-state index in [9.17, 15) is 13.2 Å². The molecular weight excluding hydrogens is 254 g/mol. The van der Waals surface area contributed by atoms with E-state index in [0.29, 0.717) is 13.1 Å². The van der Waals surface area contributed by atoms with E-state index in [1.165, 1.54) is 6.92 Å². The van der Waals surface area contributed by atoms with Gasteiger partial charge in [0.1, 0.15) is 0 Å². The number of carbonyl (C=O) groups excluding carboxylic acids is 1. The zero-order chi connectivity index (χ0) is 13.6. The highest BCUT2D eigenvalue weighted by atomic mass is 32.2. The van der Waals surface area contributed by atoms with Crippen LogP contribution in [0.4, 0.5) is 5.69 Å². The van der Waals surface area contributed by atoms with E-state index < -0.39 is 10.0 Å². The van der Waals surface area contributed by atoms with Crippen LogP contribution in [0.25, 0.3) is 0 Å². The number of nitrogens with one attached hydrogen (secondary N) is 2. The van der Waals surface area contributed by atoms with Crippen LogP contribution in [0.5, 0.6) is 0 Å². The standard InChI is InChI=1S/C11H17N3O3S/c1-9(15)14-11-4-2-10(3-5-11)8-13-6-7-18(12,16)17/h2-5,13H,6-8H2,1H3,(H,14,15)(H2,12,16,17). The fourth-order valence-electron chi connectivity index (χ4n) is 1.36. The van der Waals surface area contributed by atoms with Crippen molar-refractivity contribution in [1.29, 1.82) is 0 Å². The third-order valence-electron chi connectivity index (χ3n) is 2.17. The molecule has 0 aliphatic rings. The lowest BCUT2D eigenvalue weighted by molar-refractivity contribution is -0.114. The lowest BCUT2D eigenvalue weighted by Gasteiger charge is -2.06. The summed E-state index contributed by atoms with van der Waals surface area (Å²) < 4.78 is 21.4. The van der Waals surface area contributed by atoms with Crippen molar-refractivity contribution in [2.75, 3.05) is 17.6 Å². The normalized spacial score (nSPS) is 11.2. The van der Waals surface area contributed by atoms with Gasteiger partial charge in [-0.15, -0.1) is 0 Å². The Labute approximate surface area is 107 Å². The second kappa shape index (κ2) is 6.48. The highest BCUT2D eigenvalue weighted by Gasteiger charge is 2.01. The summed E-state index contributed by atoms with van der Waals surface area (Å²) >= 11 is 0. The third kappa shape index (κ3) is 6.33. The SMILES string of the molecule is CC(=O)Nc1ccc(CNCCS(N)(=O)=O)cc1. The predicted octanol–water partition coefficient (Wildman–Crippen LogP) is 0.0231. The molecule has 0 unspecified atom stereocenters. The second-order valence-corrected chi connectivity index (χ2v) is 5.66. The molecule has 1 rings (SSSR count). The number of hydrogen-bond donors (Lipinski definition) is 3.